The number of benzene rings is 1. The van der Waals surface area contributed by atoms with Gasteiger partial charge < -0.3 is 10.5 Å². The minimum Gasteiger partial charge on any atom is -0.389 e. The number of rotatable bonds is 5. The van der Waals surface area contributed by atoms with Gasteiger partial charge in [-0.05, 0) is 50.4 Å². The zero-order valence-corrected chi connectivity index (χ0v) is 13.2. The Balaban J connectivity index is 2.00. The van der Waals surface area contributed by atoms with Crippen molar-refractivity contribution >= 4 is 17.2 Å². The summed E-state index contributed by atoms with van der Waals surface area (Å²) in [5.74, 6) is 0. The largest absolute Gasteiger partial charge is 0.389 e. The van der Waals surface area contributed by atoms with Gasteiger partial charge in [0.2, 0.25) is 0 Å². The standard InChI is InChI=1S/C16H24N2OS/c1-3-19-15-5-4-8-18(11-15)10-14-7-6-13(16(17)20)9-12(14)2/h6-7,9,15H,3-5,8,10-11H2,1-2H3,(H2,17,20). The van der Waals surface area contributed by atoms with Gasteiger partial charge in [-0.25, -0.2) is 0 Å². The Morgan fingerprint density at radius 2 is 2.30 bits per heavy atom. The predicted octanol–water partition coefficient (Wildman–Crippen LogP) is 2.63. The van der Waals surface area contributed by atoms with Gasteiger partial charge in [0.1, 0.15) is 4.99 Å². The molecule has 0 saturated carbocycles. The summed E-state index contributed by atoms with van der Waals surface area (Å²) >= 11 is 5.02. The van der Waals surface area contributed by atoms with Crippen LogP contribution in [-0.2, 0) is 11.3 Å². The number of nitrogens with zero attached hydrogens (tertiary/aromatic N) is 1. The van der Waals surface area contributed by atoms with Gasteiger partial charge in [0, 0.05) is 25.3 Å². The summed E-state index contributed by atoms with van der Waals surface area (Å²) in [5, 5.41) is 0. The minimum atomic E-state index is 0.393. The van der Waals surface area contributed by atoms with Gasteiger partial charge in [0.25, 0.3) is 0 Å². The van der Waals surface area contributed by atoms with Crippen LogP contribution in [0.25, 0.3) is 0 Å². The van der Waals surface area contributed by atoms with Gasteiger partial charge in [-0.1, -0.05) is 24.4 Å². The third kappa shape index (κ3) is 4.01. The fourth-order valence-electron chi connectivity index (χ4n) is 2.80. The normalized spacial score (nSPS) is 20.0. The van der Waals surface area contributed by atoms with Crippen molar-refractivity contribution in [3.8, 4) is 0 Å². The van der Waals surface area contributed by atoms with E-state index in [0.29, 0.717) is 11.1 Å². The fraction of sp³-hybridized carbons (Fsp3) is 0.562. The van der Waals surface area contributed by atoms with Crippen molar-refractivity contribution in [2.75, 3.05) is 19.7 Å². The summed E-state index contributed by atoms with van der Waals surface area (Å²) in [4.78, 5) is 2.95. The molecule has 1 aromatic rings. The highest BCUT2D eigenvalue weighted by Crippen LogP contribution is 2.18. The quantitative estimate of drug-likeness (QED) is 0.847. The molecule has 3 nitrogen and oxygen atoms in total. The number of nitrogens with two attached hydrogens (primary N) is 1. The molecular weight excluding hydrogens is 268 g/mol. The van der Waals surface area contributed by atoms with Crippen molar-refractivity contribution in [1.29, 1.82) is 0 Å². The second-order valence-corrected chi connectivity index (χ2v) is 5.90. The van der Waals surface area contributed by atoms with E-state index in [1.807, 2.05) is 6.07 Å². The third-order valence-corrected chi connectivity index (χ3v) is 4.12. The molecule has 1 unspecified atom stereocenters. The Morgan fingerprint density at radius 1 is 1.50 bits per heavy atom. The molecule has 110 valence electrons. The van der Waals surface area contributed by atoms with Crippen LogP contribution in [0.1, 0.15) is 36.5 Å². The Hall–Kier alpha value is -0.970. The van der Waals surface area contributed by atoms with E-state index < -0.39 is 0 Å². The van der Waals surface area contributed by atoms with Crippen LogP contribution in [0.15, 0.2) is 18.2 Å². The van der Waals surface area contributed by atoms with Crippen molar-refractivity contribution in [3.63, 3.8) is 0 Å². The second-order valence-electron chi connectivity index (χ2n) is 5.46. The van der Waals surface area contributed by atoms with Crippen LogP contribution in [0, 0.1) is 6.92 Å². The summed E-state index contributed by atoms with van der Waals surface area (Å²) in [6.07, 6.45) is 2.79. The summed E-state index contributed by atoms with van der Waals surface area (Å²) in [7, 11) is 0. The summed E-state index contributed by atoms with van der Waals surface area (Å²) in [6.45, 7) is 8.16. The van der Waals surface area contributed by atoms with Crippen LogP contribution >= 0.6 is 12.2 Å². The first-order valence-corrected chi connectivity index (χ1v) is 7.74. The molecule has 1 aromatic carbocycles. The summed E-state index contributed by atoms with van der Waals surface area (Å²) in [6, 6.07) is 6.25. The van der Waals surface area contributed by atoms with Crippen LogP contribution in [0.4, 0.5) is 0 Å². The SMILES string of the molecule is CCOC1CCCN(Cc2ccc(C(N)=S)cc2C)C1. The topological polar surface area (TPSA) is 38.5 Å². The van der Waals surface area contributed by atoms with E-state index in [2.05, 4.69) is 30.9 Å². The molecule has 0 aromatic heterocycles. The summed E-state index contributed by atoms with van der Waals surface area (Å²) in [5.41, 5.74) is 9.23. The van der Waals surface area contributed by atoms with E-state index in [9.17, 15) is 0 Å². The van der Waals surface area contributed by atoms with Crippen molar-refractivity contribution in [2.45, 2.75) is 39.3 Å². The first-order valence-electron chi connectivity index (χ1n) is 7.33. The maximum atomic E-state index is 5.76. The summed E-state index contributed by atoms with van der Waals surface area (Å²) < 4.78 is 5.76. The number of likely N-dealkylation sites (tertiary alicyclic amines) is 1. The number of thiocarbonyl (C=S) groups is 1. The van der Waals surface area contributed by atoms with Crippen LogP contribution in [0.3, 0.4) is 0 Å². The Labute approximate surface area is 127 Å². The molecule has 0 aliphatic carbocycles. The van der Waals surface area contributed by atoms with Crippen LogP contribution in [0.5, 0.6) is 0 Å². The first-order chi connectivity index (χ1) is 9.60. The maximum absolute atomic E-state index is 5.76. The number of ether oxygens (including phenoxy) is 1. The fourth-order valence-corrected chi connectivity index (χ4v) is 2.92. The van der Waals surface area contributed by atoms with E-state index in [4.69, 9.17) is 22.7 Å². The minimum absolute atomic E-state index is 0.393. The third-order valence-electron chi connectivity index (χ3n) is 3.89. The highest BCUT2D eigenvalue weighted by atomic mass is 32.1. The molecule has 20 heavy (non-hydrogen) atoms. The maximum Gasteiger partial charge on any atom is 0.103 e. The van der Waals surface area contributed by atoms with Gasteiger partial charge in [0.15, 0.2) is 0 Å². The molecule has 1 atom stereocenters. The Kier molecular flexibility index (Phi) is 5.52. The Bertz CT molecular complexity index is 474. The molecule has 2 N–H and O–H groups in total. The van der Waals surface area contributed by atoms with Gasteiger partial charge in [-0.3, -0.25) is 4.90 Å². The molecular formula is C16H24N2OS. The zero-order valence-electron chi connectivity index (χ0n) is 12.4. The van der Waals surface area contributed by atoms with Gasteiger partial charge >= 0.3 is 0 Å². The number of aryl methyl sites for hydroxylation is 1. The predicted molar refractivity (Wildman–Crippen MR) is 87.0 cm³/mol. The molecule has 0 amide bonds. The molecule has 1 fully saturated rings. The lowest BCUT2D eigenvalue weighted by molar-refractivity contribution is 0.00358. The van der Waals surface area contributed by atoms with Crippen molar-refractivity contribution in [1.82, 2.24) is 4.90 Å². The van der Waals surface area contributed by atoms with Crippen molar-refractivity contribution in [2.24, 2.45) is 5.73 Å². The van der Waals surface area contributed by atoms with Crippen molar-refractivity contribution in [3.05, 3.63) is 34.9 Å². The highest BCUT2D eigenvalue weighted by molar-refractivity contribution is 7.80. The van der Waals surface area contributed by atoms with Crippen molar-refractivity contribution < 1.29 is 4.74 Å². The number of hydrogen-bond donors (Lipinski definition) is 1. The van der Waals surface area contributed by atoms with E-state index >= 15 is 0 Å². The lowest BCUT2D eigenvalue weighted by Gasteiger charge is -2.32. The average molecular weight is 292 g/mol. The average Bonchev–Trinajstić information content (AvgIpc) is 2.42. The molecule has 2 rings (SSSR count). The van der Waals surface area contributed by atoms with Gasteiger partial charge in [-0.2, -0.15) is 0 Å². The lowest BCUT2D eigenvalue weighted by Crippen LogP contribution is -2.39. The monoisotopic (exact) mass is 292 g/mol. The molecule has 1 aliphatic heterocycles. The van der Waals surface area contributed by atoms with Crippen LogP contribution in [-0.4, -0.2) is 35.7 Å². The molecule has 0 spiro atoms. The molecule has 0 radical (unpaired) electrons. The molecule has 4 heteroatoms. The van der Waals surface area contributed by atoms with Crippen LogP contribution < -0.4 is 5.73 Å². The smallest absolute Gasteiger partial charge is 0.103 e. The van der Waals surface area contributed by atoms with E-state index in [-0.39, 0.29) is 0 Å². The molecule has 1 aliphatic rings. The zero-order chi connectivity index (χ0) is 14.5. The van der Waals surface area contributed by atoms with E-state index in [0.717, 1.165) is 31.8 Å². The van der Waals surface area contributed by atoms with E-state index in [1.165, 1.54) is 24.0 Å². The van der Waals surface area contributed by atoms with Gasteiger partial charge in [0.05, 0.1) is 6.10 Å². The van der Waals surface area contributed by atoms with E-state index in [1.54, 1.807) is 0 Å². The first kappa shape index (κ1) is 15.4. The molecule has 1 saturated heterocycles. The van der Waals surface area contributed by atoms with Gasteiger partial charge in [-0.15, -0.1) is 0 Å². The number of hydrogen-bond acceptors (Lipinski definition) is 3. The molecule has 0 bridgehead atoms. The highest BCUT2D eigenvalue weighted by Gasteiger charge is 2.20. The van der Waals surface area contributed by atoms with Crippen LogP contribution in [0.2, 0.25) is 0 Å². The Morgan fingerprint density at radius 3 is 2.95 bits per heavy atom. The second kappa shape index (κ2) is 7.16. The lowest BCUT2D eigenvalue weighted by atomic mass is 10.0. The number of piperidine rings is 1. The molecule has 1 heterocycles.